The number of aromatic nitrogens is 2. The molecule has 1 atom stereocenters. The fourth-order valence-corrected chi connectivity index (χ4v) is 1.65. The van der Waals surface area contributed by atoms with Crippen molar-refractivity contribution >= 4 is 5.91 Å². The van der Waals surface area contributed by atoms with Gasteiger partial charge in [0.25, 0.3) is 5.91 Å². The average molecular weight is 257 g/mol. The van der Waals surface area contributed by atoms with E-state index in [1.165, 1.54) is 7.11 Å². The van der Waals surface area contributed by atoms with Crippen molar-refractivity contribution in [2.45, 2.75) is 13.0 Å². The highest BCUT2D eigenvalue weighted by Crippen LogP contribution is 2.12. The lowest BCUT2D eigenvalue weighted by Gasteiger charge is -2.13. The first-order valence-corrected chi connectivity index (χ1v) is 5.94. The molecular weight excluding hydrogens is 242 g/mol. The van der Waals surface area contributed by atoms with Gasteiger partial charge in [0.1, 0.15) is 0 Å². The van der Waals surface area contributed by atoms with Gasteiger partial charge in [0, 0.05) is 6.07 Å². The molecule has 0 aliphatic heterocycles. The molecule has 1 amide bonds. The summed E-state index contributed by atoms with van der Waals surface area (Å²) in [6.45, 7) is 1.92. The zero-order chi connectivity index (χ0) is 13.7. The Balaban J connectivity index is 2.04. The summed E-state index contributed by atoms with van der Waals surface area (Å²) >= 11 is 0. The number of rotatable bonds is 4. The Kier molecular flexibility index (Phi) is 4.07. The molecule has 1 aromatic carbocycles. The van der Waals surface area contributed by atoms with Crippen molar-refractivity contribution in [3.8, 4) is 5.88 Å². The van der Waals surface area contributed by atoms with Crippen LogP contribution in [0.4, 0.5) is 0 Å². The first-order valence-electron chi connectivity index (χ1n) is 5.94. The van der Waals surface area contributed by atoms with Crippen LogP contribution in [0.15, 0.2) is 42.5 Å². The number of nitrogens with one attached hydrogen (secondary N) is 1. The number of amides is 1. The zero-order valence-corrected chi connectivity index (χ0v) is 10.8. The maximum absolute atomic E-state index is 12.0. The topological polar surface area (TPSA) is 64.1 Å². The summed E-state index contributed by atoms with van der Waals surface area (Å²) < 4.78 is 4.89. The van der Waals surface area contributed by atoms with Crippen LogP contribution in [-0.2, 0) is 0 Å². The highest BCUT2D eigenvalue weighted by atomic mass is 16.5. The van der Waals surface area contributed by atoms with Crippen molar-refractivity contribution in [3.63, 3.8) is 0 Å². The second-order valence-electron chi connectivity index (χ2n) is 4.07. The molecule has 0 unspecified atom stereocenters. The second kappa shape index (κ2) is 5.95. The monoisotopic (exact) mass is 257 g/mol. The largest absolute Gasteiger partial charge is 0.480 e. The van der Waals surface area contributed by atoms with E-state index in [4.69, 9.17) is 4.74 Å². The fourth-order valence-electron chi connectivity index (χ4n) is 1.65. The number of carbonyl (C=O) groups is 1. The summed E-state index contributed by atoms with van der Waals surface area (Å²) in [5.74, 6) is 0.124. The minimum absolute atomic E-state index is 0.0856. The molecule has 0 aliphatic rings. The summed E-state index contributed by atoms with van der Waals surface area (Å²) in [4.78, 5) is 12.0. The molecule has 5 nitrogen and oxygen atoms in total. The van der Waals surface area contributed by atoms with Crippen molar-refractivity contribution in [1.82, 2.24) is 15.5 Å². The van der Waals surface area contributed by atoms with Crippen LogP contribution in [0.25, 0.3) is 0 Å². The summed E-state index contributed by atoms with van der Waals surface area (Å²) in [7, 11) is 1.50. The number of carbonyl (C=O) groups excluding carboxylic acids is 1. The molecule has 0 spiro atoms. The molecule has 98 valence electrons. The van der Waals surface area contributed by atoms with Crippen molar-refractivity contribution in [1.29, 1.82) is 0 Å². The Morgan fingerprint density at radius 2 is 1.89 bits per heavy atom. The number of nitrogens with zero attached hydrogens (tertiary/aromatic N) is 2. The Bertz CT molecular complexity index is 540. The van der Waals surface area contributed by atoms with E-state index in [1.807, 2.05) is 37.3 Å². The van der Waals surface area contributed by atoms with Crippen LogP contribution in [0.3, 0.4) is 0 Å². The Morgan fingerprint density at radius 1 is 1.16 bits per heavy atom. The van der Waals surface area contributed by atoms with Crippen LogP contribution in [0.5, 0.6) is 5.88 Å². The van der Waals surface area contributed by atoms with E-state index in [9.17, 15) is 4.79 Å². The smallest absolute Gasteiger partial charge is 0.272 e. The van der Waals surface area contributed by atoms with Gasteiger partial charge in [-0.05, 0) is 18.6 Å². The molecule has 0 bridgehead atoms. The second-order valence-corrected chi connectivity index (χ2v) is 4.07. The lowest BCUT2D eigenvalue weighted by atomic mass is 10.1. The summed E-state index contributed by atoms with van der Waals surface area (Å²) in [6.07, 6.45) is 0. The van der Waals surface area contributed by atoms with Gasteiger partial charge in [-0.15, -0.1) is 10.2 Å². The Hall–Kier alpha value is -2.43. The van der Waals surface area contributed by atoms with E-state index in [0.29, 0.717) is 5.88 Å². The predicted molar refractivity (Wildman–Crippen MR) is 70.9 cm³/mol. The van der Waals surface area contributed by atoms with E-state index in [1.54, 1.807) is 12.1 Å². The van der Waals surface area contributed by atoms with Crippen molar-refractivity contribution in [2.24, 2.45) is 0 Å². The molecule has 1 N–H and O–H groups in total. The van der Waals surface area contributed by atoms with Gasteiger partial charge in [-0.3, -0.25) is 4.79 Å². The Labute approximate surface area is 111 Å². The van der Waals surface area contributed by atoms with Gasteiger partial charge in [0.05, 0.1) is 13.2 Å². The van der Waals surface area contributed by atoms with Crippen molar-refractivity contribution < 1.29 is 9.53 Å². The molecular formula is C14H15N3O2. The van der Waals surface area contributed by atoms with Gasteiger partial charge in [0.2, 0.25) is 5.88 Å². The molecule has 1 heterocycles. The zero-order valence-electron chi connectivity index (χ0n) is 10.8. The number of hydrogen-bond donors (Lipinski definition) is 1. The molecule has 0 fully saturated rings. The first kappa shape index (κ1) is 13.0. The number of benzene rings is 1. The van der Waals surface area contributed by atoms with Crippen LogP contribution in [0, 0.1) is 0 Å². The van der Waals surface area contributed by atoms with Crippen molar-refractivity contribution in [3.05, 3.63) is 53.7 Å². The molecule has 0 radical (unpaired) electrons. The lowest BCUT2D eigenvalue weighted by Crippen LogP contribution is -2.27. The standard InChI is InChI=1S/C14H15N3O2/c1-10(11-6-4-3-5-7-11)15-14(18)12-8-9-13(19-2)17-16-12/h3-10H,1-2H3,(H,15,18)/t10-/m1/s1. The quantitative estimate of drug-likeness (QED) is 0.909. The van der Waals surface area contributed by atoms with Crippen LogP contribution in [-0.4, -0.2) is 23.2 Å². The maximum atomic E-state index is 12.0. The van der Waals surface area contributed by atoms with Gasteiger partial charge < -0.3 is 10.1 Å². The van der Waals surface area contributed by atoms with E-state index < -0.39 is 0 Å². The van der Waals surface area contributed by atoms with Crippen LogP contribution in [0.1, 0.15) is 29.0 Å². The average Bonchev–Trinajstić information content (AvgIpc) is 2.48. The molecule has 2 rings (SSSR count). The van der Waals surface area contributed by atoms with Gasteiger partial charge in [-0.2, -0.15) is 0 Å². The highest BCUT2D eigenvalue weighted by molar-refractivity contribution is 5.92. The van der Waals surface area contributed by atoms with E-state index >= 15 is 0 Å². The van der Waals surface area contributed by atoms with Gasteiger partial charge in [0.15, 0.2) is 5.69 Å². The van der Waals surface area contributed by atoms with E-state index in [0.717, 1.165) is 5.56 Å². The number of ether oxygens (including phenoxy) is 1. The Morgan fingerprint density at radius 3 is 2.47 bits per heavy atom. The third kappa shape index (κ3) is 3.28. The third-order valence-electron chi connectivity index (χ3n) is 2.73. The fraction of sp³-hybridized carbons (Fsp3) is 0.214. The predicted octanol–water partition coefficient (Wildman–Crippen LogP) is 1.98. The molecule has 5 heteroatoms. The third-order valence-corrected chi connectivity index (χ3v) is 2.73. The van der Waals surface area contributed by atoms with Crippen molar-refractivity contribution in [2.75, 3.05) is 7.11 Å². The van der Waals surface area contributed by atoms with Crippen LogP contribution >= 0.6 is 0 Å². The van der Waals surface area contributed by atoms with Gasteiger partial charge >= 0.3 is 0 Å². The minimum Gasteiger partial charge on any atom is -0.480 e. The summed E-state index contributed by atoms with van der Waals surface area (Å²) in [5, 5.41) is 10.4. The van der Waals surface area contributed by atoms with E-state index in [-0.39, 0.29) is 17.6 Å². The first-order chi connectivity index (χ1) is 9.20. The molecule has 2 aromatic rings. The lowest BCUT2D eigenvalue weighted by molar-refractivity contribution is 0.0933. The highest BCUT2D eigenvalue weighted by Gasteiger charge is 2.12. The molecule has 0 aliphatic carbocycles. The summed E-state index contributed by atoms with van der Waals surface area (Å²) in [6, 6.07) is 12.8. The molecule has 0 saturated heterocycles. The summed E-state index contributed by atoms with van der Waals surface area (Å²) in [5.41, 5.74) is 1.31. The minimum atomic E-state index is -0.258. The van der Waals surface area contributed by atoms with Crippen LogP contribution < -0.4 is 10.1 Å². The molecule has 0 saturated carbocycles. The van der Waals surface area contributed by atoms with Gasteiger partial charge in [-0.1, -0.05) is 30.3 Å². The molecule has 19 heavy (non-hydrogen) atoms. The number of hydrogen-bond acceptors (Lipinski definition) is 4. The number of methoxy groups -OCH3 is 1. The van der Waals surface area contributed by atoms with Crippen LogP contribution in [0.2, 0.25) is 0 Å². The maximum Gasteiger partial charge on any atom is 0.272 e. The molecule has 1 aromatic heterocycles. The van der Waals surface area contributed by atoms with Gasteiger partial charge in [-0.25, -0.2) is 0 Å². The normalized spacial score (nSPS) is 11.7. The van der Waals surface area contributed by atoms with E-state index in [2.05, 4.69) is 15.5 Å². The SMILES string of the molecule is COc1ccc(C(=O)N[C@H](C)c2ccccc2)nn1.